The minimum absolute atomic E-state index is 0.216. The summed E-state index contributed by atoms with van der Waals surface area (Å²) in [7, 11) is 0. The standard InChI is InChI=1S/C14H7ClF3IN2/c15-8-1-6-12-11(7-8)20-13(14(16,17)18)21(12)10-4-2-9(19)3-5-10/h1-7H. The zero-order valence-electron chi connectivity index (χ0n) is 10.3. The quantitative estimate of drug-likeness (QED) is 0.487. The highest BCUT2D eigenvalue weighted by Gasteiger charge is 2.38. The number of rotatable bonds is 1. The second-order valence-electron chi connectivity index (χ2n) is 4.38. The predicted molar refractivity (Wildman–Crippen MR) is 83.8 cm³/mol. The third kappa shape index (κ3) is 2.74. The number of nitrogens with zero attached hydrogens (tertiary/aromatic N) is 2. The van der Waals surface area contributed by atoms with E-state index in [4.69, 9.17) is 11.6 Å². The van der Waals surface area contributed by atoms with E-state index in [0.717, 1.165) is 8.14 Å². The normalized spacial score (nSPS) is 12.0. The number of hydrogen-bond donors (Lipinski definition) is 0. The van der Waals surface area contributed by atoms with Crippen LogP contribution in [-0.2, 0) is 6.18 Å². The molecule has 21 heavy (non-hydrogen) atoms. The summed E-state index contributed by atoms with van der Waals surface area (Å²) < 4.78 is 41.7. The lowest BCUT2D eigenvalue weighted by Crippen LogP contribution is -2.13. The van der Waals surface area contributed by atoms with Crippen LogP contribution in [0.4, 0.5) is 13.2 Å². The van der Waals surface area contributed by atoms with Crippen molar-refractivity contribution in [3.63, 3.8) is 0 Å². The average Bonchev–Trinajstić information content (AvgIpc) is 2.78. The van der Waals surface area contributed by atoms with Crippen molar-refractivity contribution >= 4 is 45.2 Å². The van der Waals surface area contributed by atoms with E-state index in [1.807, 2.05) is 0 Å². The van der Waals surface area contributed by atoms with Crippen LogP contribution in [0.2, 0.25) is 5.02 Å². The molecule has 0 amide bonds. The monoisotopic (exact) mass is 422 g/mol. The molecule has 0 N–H and O–H groups in total. The third-order valence-electron chi connectivity index (χ3n) is 2.95. The molecule has 2 nitrogen and oxygen atoms in total. The Morgan fingerprint density at radius 1 is 1.05 bits per heavy atom. The number of alkyl halides is 3. The van der Waals surface area contributed by atoms with Crippen molar-refractivity contribution in [2.24, 2.45) is 0 Å². The van der Waals surface area contributed by atoms with E-state index in [2.05, 4.69) is 27.6 Å². The Kier molecular flexibility index (Phi) is 3.61. The molecule has 108 valence electrons. The molecule has 0 aliphatic heterocycles. The van der Waals surface area contributed by atoms with Gasteiger partial charge in [0.05, 0.1) is 11.0 Å². The van der Waals surface area contributed by atoms with Gasteiger partial charge in [-0.15, -0.1) is 0 Å². The fraction of sp³-hybridized carbons (Fsp3) is 0.0714. The summed E-state index contributed by atoms with van der Waals surface area (Å²) in [6.45, 7) is 0. The fourth-order valence-corrected chi connectivity index (χ4v) is 2.62. The number of hydrogen-bond acceptors (Lipinski definition) is 1. The van der Waals surface area contributed by atoms with Crippen molar-refractivity contribution in [2.75, 3.05) is 0 Å². The van der Waals surface area contributed by atoms with Crippen molar-refractivity contribution in [1.82, 2.24) is 9.55 Å². The molecule has 3 rings (SSSR count). The van der Waals surface area contributed by atoms with Crippen LogP contribution in [0.5, 0.6) is 0 Å². The molecule has 2 aromatic carbocycles. The van der Waals surface area contributed by atoms with Gasteiger partial charge in [-0.2, -0.15) is 13.2 Å². The lowest BCUT2D eigenvalue weighted by atomic mass is 10.3. The van der Waals surface area contributed by atoms with Gasteiger partial charge in [-0.25, -0.2) is 4.98 Å². The Balaban J connectivity index is 2.35. The molecule has 0 spiro atoms. The highest BCUT2D eigenvalue weighted by atomic mass is 127. The molecule has 0 bridgehead atoms. The Morgan fingerprint density at radius 2 is 1.71 bits per heavy atom. The Labute approximate surface area is 136 Å². The van der Waals surface area contributed by atoms with Gasteiger partial charge in [0.1, 0.15) is 0 Å². The largest absolute Gasteiger partial charge is 0.450 e. The van der Waals surface area contributed by atoms with E-state index >= 15 is 0 Å². The minimum atomic E-state index is -4.55. The van der Waals surface area contributed by atoms with Gasteiger partial charge in [0.2, 0.25) is 5.82 Å². The van der Waals surface area contributed by atoms with E-state index in [0.29, 0.717) is 16.2 Å². The van der Waals surface area contributed by atoms with Crippen LogP contribution in [0.1, 0.15) is 5.82 Å². The molecular formula is C14H7ClF3IN2. The van der Waals surface area contributed by atoms with Gasteiger partial charge in [0.25, 0.3) is 0 Å². The van der Waals surface area contributed by atoms with Gasteiger partial charge in [0, 0.05) is 14.3 Å². The van der Waals surface area contributed by atoms with Crippen LogP contribution < -0.4 is 0 Å². The van der Waals surface area contributed by atoms with Crippen LogP contribution in [-0.4, -0.2) is 9.55 Å². The first-order chi connectivity index (χ1) is 9.86. The van der Waals surface area contributed by atoms with Crippen LogP contribution >= 0.6 is 34.2 Å². The first-order valence-electron chi connectivity index (χ1n) is 5.87. The van der Waals surface area contributed by atoms with E-state index in [9.17, 15) is 13.2 Å². The molecule has 0 unspecified atom stereocenters. The summed E-state index contributed by atoms with van der Waals surface area (Å²) >= 11 is 7.93. The molecule has 0 radical (unpaired) electrons. The number of benzene rings is 2. The first kappa shape index (κ1) is 14.6. The summed E-state index contributed by atoms with van der Waals surface area (Å²) in [4.78, 5) is 3.70. The first-order valence-corrected chi connectivity index (χ1v) is 7.33. The van der Waals surface area contributed by atoms with Gasteiger partial charge in [-0.3, -0.25) is 4.57 Å². The van der Waals surface area contributed by atoms with Gasteiger partial charge >= 0.3 is 6.18 Å². The van der Waals surface area contributed by atoms with Crippen molar-refractivity contribution in [3.05, 3.63) is 56.9 Å². The summed E-state index contributed by atoms with van der Waals surface area (Å²) in [6.07, 6.45) is -4.55. The highest BCUT2D eigenvalue weighted by molar-refractivity contribution is 14.1. The molecule has 1 aromatic heterocycles. The van der Waals surface area contributed by atoms with E-state index < -0.39 is 12.0 Å². The predicted octanol–water partition coefficient (Wildman–Crippen LogP) is 5.30. The number of aromatic nitrogens is 2. The van der Waals surface area contributed by atoms with Crippen molar-refractivity contribution in [3.8, 4) is 5.69 Å². The summed E-state index contributed by atoms with van der Waals surface area (Å²) in [5.74, 6) is -0.957. The Bertz CT molecular complexity index is 809. The third-order valence-corrected chi connectivity index (χ3v) is 3.91. The van der Waals surface area contributed by atoms with Gasteiger partial charge in [0.15, 0.2) is 0 Å². The zero-order valence-corrected chi connectivity index (χ0v) is 13.2. The maximum atomic E-state index is 13.2. The van der Waals surface area contributed by atoms with E-state index in [1.165, 1.54) is 12.1 Å². The van der Waals surface area contributed by atoms with E-state index in [-0.39, 0.29) is 5.52 Å². The maximum absolute atomic E-state index is 13.2. The molecule has 0 aliphatic carbocycles. The molecule has 3 aromatic rings. The minimum Gasteiger partial charge on any atom is -0.289 e. The number of imidazole rings is 1. The van der Waals surface area contributed by atoms with Crippen LogP contribution in [0.25, 0.3) is 16.7 Å². The Hall–Kier alpha value is -1.28. The average molecular weight is 423 g/mol. The van der Waals surface area contributed by atoms with Gasteiger partial charge in [-0.1, -0.05) is 11.6 Å². The molecule has 7 heteroatoms. The summed E-state index contributed by atoms with van der Waals surface area (Å²) in [5.41, 5.74) is 0.994. The topological polar surface area (TPSA) is 17.8 Å². The SMILES string of the molecule is FC(F)(F)c1nc2cc(Cl)ccc2n1-c1ccc(I)cc1. The zero-order chi connectivity index (χ0) is 15.2. The summed E-state index contributed by atoms with van der Waals surface area (Å²) in [6, 6.07) is 11.3. The molecule has 0 saturated carbocycles. The van der Waals surface area contributed by atoms with E-state index in [1.54, 1.807) is 30.3 Å². The maximum Gasteiger partial charge on any atom is 0.450 e. The number of fused-ring (bicyclic) bond motifs is 1. The molecular weight excluding hydrogens is 416 g/mol. The molecule has 1 heterocycles. The van der Waals surface area contributed by atoms with Gasteiger partial charge in [-0.05, 0) is 65.1 Å². The van der Waals surface area contributed by atoms with Crippen LogP contribution in [0, 0.1) is 3.57 Å². The highest BCUT2D eigenvalue weighted by Crippen LogP contribution is 2.34. The fourth-order valence-electron chi connectivity index (χ4n) is 2.10. The second kappa shape index (κ2) is 5.17. The molecule has 0 fully saturated rings. The van der Waals surface area contributed by atoms with Crippen molar-refractivity contribution < 1.29 is 13.2 Å². The number of halogens is 5. The smallest absolute Gasteiger partial charge is 0.289 e. The Morgan fingerprint density at radius 3 is 2.33 bits per heavy atom. The van der Waals surface area contributed by atoms with Gasteiger partial charge < -0.3 is 0 Å². The lowest BCUT2D eigenvalue weighted by molar-refractivity contribution is -0.145. The molecule has 0 saturated heterocycles. The van der Waals surface area contributed by atoms with Crippen molar-refractivity contribution in [1.29, 1.82) is 0 Å². The second-order valence-corrected chi connectivity index (χ2v) is 6.06. The molecule has 0 aliphatic rings. The van der Waals surface area contributed by atoms with Crippen molar-refractivity contribution in [2.45, 2.75) is 6.18 Å². The summed E-state index contributed by atoms with van der Waals surface area (Å²) in [5, 5.41) is 0.350. The van der Waals surface area contributed by atoms with Crippen LogP contribution in [0.15, 0.2) is 42.5 Å². The van der Waals surface area contributed by atoms with Crippen LogP contribution in [0.3, 0.4) is 0 Å². The molecule has 0 atom stereocenters. The lowest BCUT2D eigenvalue weighted by Gasteiger charge is -2.11.